The summed E-state index contributed by atoms with van der Waals surface area (Å²) in [5.41, 5.74) is 0.351. The highest BCUT2D eigenvalue weighted by molar-refractivity contribution is 5.92. The summed E-state index contributed by atoms with van der Waals surface area (Å²) in [6, 6.07) is 4.47. The minimum atomic E-state index is -0.403. The molecule has 232 valence electrons. The topological polar surface area (TPSA) is 106 Å². The van der Waals surface area contributed by atoms with E-state index in [0.717, 1.165) is 43.6 Å². The van der Waals surface area contributed by atoms with Crippen molar-refractivity contribution in [1.82, 2.24) is 15.6 Å². The van der Waals surface area contributed by atoms with Crippen molar-refractivity contribution in [3.63, 3.8) is 0 Å². The molecule has 1 aromatic carbocycles. The van der Waals surface area contributed by atoms with Crippen LogP contribution in [-0.4, -0.2) is 48.2 Å². The second-order valence-electron chi connectivity index (χ2n) is 13.5. The third-order valence-electron chi connectivity index (χ3n) is 11.1. The first-order chi connectivity index (χ1) is 21.0. The van der Waals surface area contributed by atoms with Crippen LogP contribution >= 0.6 is 0 Å². The van der Waals surface area contributed by atoms with Crippen LogP contribution in [0.2, 0.25) is 0 Å². The molecular weight excluding hydrogens is 549 g/mol. The van der Waals surface area contributed by atoms with E-state index >= 15 is 0 Å². The Kier molecular flexibility index (Phi) is 7.72. The van der Waals surface area contributed by atoms with Crippen LogP contribution in [0.15, 0.2) is 28.9 Å². The zero-order valence-electron chi connectivity index (χ0n) is 25.2. The number of unbranched alkanes of at least 4 members (excludes halogenated alkanes) is 1. The minimum Gasteiger partial charge on any atom is -0.483 e. The number of carbonyl (C=O) groups excluding carboxylic acids is 2. The molecule has 6 atom stereocenters. The number of amides is 2. The number of halogens is 1. The second-order valence-corrected chi connectivity index (χ2v) is 13.5. The Balaban J connectivity index is 1.01. The molecule has 2 amide bonds. The number of nitrogens with zero attached hydrogens (tertiary/aromatic N) is 1. The molecule has 2 heterocycles. The zero-order valence-corrected chi connectivity index (χ0v) is 25.2. The van der Waals surface area contributed by atoms with Crippen molar-refractivity contribution in [2.75, 3.05) is 19.7 Å². The molecule has 4 saturated carbocycles. The maximum atomic E-state index is 14.4. The Morgan fingerprint density at radius 3 is 2.77 bits per heavy atom. The van der Waals surface area contributed by atoms with E-state index < -0.39 is 5.41 Å². The molecule has 5 fully saturated rings. The number of oxazole rings is 1. The first kappa shape index (κ1) is 28.8. The Morgan fingerprint density at radius 1 is 1.09 bits per heavy atom. The van der Waals surface area contributed by atoms with Gasteiger partial charge in [-0.1, -0.05) is 51.9 Å². The SMILES string of the molecule is CCCNC(=O)COc1ccc(F)cc1CC1C2C3CCC4OC43C12c1nc(C(=O)NCCCCC2CCCCC2)co1. The van der Waals surface area contributed by atoms with Crippen molar-refractivity contribution in [3.8, 4) is 5.75 Å². The molecule has 1 aromatic heterocycles. The summed E-state index contributed by atoms with van der Waals surface area (Å²) >= 11 is 0. The number of nitrogens with one attached hydrogen (secondary N) is 2. The van der Waals surface area contributed by atoms with Crippen LogP contribution in [0.5, 0.6) is 5.75 Å². The van der Waals surface area contributed by atoms with Gasteiger partial charge in [-0.15, -0.1) is 0 Å². The normalized spacial score (nSPS) is 31.8. The molecule has 2 N–H and O–H groups in total. The molecule has 0 radical (unpaired) electrons. The highest BCUT2D eigenvalue weighted by atomic mass is 19.1. The number of ether oxygens (including phenoxy) is 2. The molecular formula is C34H44FN3O5. The number of rotatable bonds is 14. The van der Waals surface area contributed by atoms with Crippen LogP contribution in [0.4, 0.5) is 4.39 Å². The molecule has 1 aliphatic heterocycles. The molecule has 8 nitrogen and oxygen atoms in total. The standard InChI is InChI=1S/C34H44FN3O5/c1-2-15-36-29(39)20-41-27-13-11-23(35)17-22(27)18-25-30-24-12-14-28-34(24,43-28)33(25,30)32-38-26(19-42-32)31(40)37-16-7-6-10-21-8-4-3-5-9-21/h11,13,17,19,21,24-25,28,30H,2-10,12,14-16,18,20H2,1H3,(H,36,39)(H,37,40). The average Bonchev–Trinajstić information content (AvgIpc) is 3.75. The highest BCUT2D eigenvalue weighted by Crippen LogP contribution is 2.90. The number of carbonyl (C=O) groups is 2. The lowest BCUT2D eigenvalue weighted by Gasteiger charge is -2.38. The van der Waals surface area contributed by atoms with Gasteiger partial charge in [-0.05, 0) is 79.5 Å². The largest absolute Gasteiger partial charge is 0.483 e. The lowest BCUT2D eigenvalue weighted by Crippen LogP contribution is -2.50. The number of benzene rings is 1. The van der Waals surface area contributed by atoms with Gasteiger partial charge in [0.25, 0.3) is 11.8 Å². The smallest absolute Gasteiger partial charge is 0.273 e. The number of hydrogen-bond acceptors (Lipinski definition) is 6. The van der Waals surface area contributed by atoms with E-state index in [1.54, 1.807) is 6.07 Å². The van der Waals surface area contributed by atoms with Gasteiger partial charge in [-0.25, -0.2) is 9.37 Å². The molecule has 4 aliphatic carbocycles. The number of aromatic nitrogens is 1. The van der Waals surface area contributed by atoms with Crippen molar-refractivity contribution >= 4 is 11.8 Å². The van der Waals surface area contributed by atoms with Gasteiger partial charge < -0.3 is 24.5 Å². The van der Waals surface area contributed by atoms with Crippen LogP contribution in [0.1, 0.15) is 99.5 Å². The maximum Gasteiger partial charge on any atom is 0.273 e. The monoisotopic (exact) mass is 593 g/mol. The first-order valence-electron chi connectivity index (χ1n) is 16.6. The van der Waals surface area contributed by atoms with Gasteiger partial charge >= 0.3 is 0 Å². The Hall–Kier alpha value is -2.94. The van der Waals surface area contributed by atoms with Gasteiger partial charge in [0.05, 0.1) is 11.5 Å². The van der Waals surface area contributed by atoms with E-state index in [1.807, 2.05) is 6.92 Å². The van der Waals surface area contributed by atoms with Gasteiger partial charge in [-0.3, -0.25) is 9.59 Å². The Labute approximate surface area is 252 Å². The molecule has 6 unspecified atom stereocenters. The van der Waals surface area contributed by atoms with Gasteiger partial charge in [0.1, 0.15) is 23.4 Å². The van der Waals surface area contributed by atoms with E-state index in [1.165, 1.54) is 56.9 Å². The number of hydrogen-bond donors (Lipinski definition) is 2. The van der Waals surface area contributed by atoms with E-state index in [-0.39, 0.29) is 41.9 Å². The molecule has 7 rings (SSSR count). The molecule has 1 saturated heterocycles. The van der Waals surface area contributed by atoms with Crippen LogP contribution in [-0.2, 0) is 21.4 Å². The summed E-state index contributed by atoms with van der Waals surface area (Å²) in [5, 5.41) is 5.85. The van der Waals surface area contributed by atoms with E-state index in [2.05, 4.69) is 10.6 Å². The Bertz CT molecular complexity index is 1360. The highest BCUT2D eigenvalue weighted by Gasteiger charge is 2.99. The molecule has 9 heteroatoms. The summed E-state index contributed by atoms with van der Waals surface area (Å²) in [4.78, 5) is 29.9. The lowest BCUT2D eigenvalue weighted by molar-refractivity contribution is -0.123. The minimum absolute atomic E-state index is 0.117. The predicted molar refractivity (Wildman–Crippen MR) is 157 cm³/mol. The maximum absolute atomic E-state index is 14.4. The Morgan fingerprint density at radius 2 is 1.95 bits per heavy atom. The first-order valence-corrected chi connectivity index (χ1v) is 16.6. The summed E-state index contributed by atoms with van der Waals surface area (Å²) < 4.78 is 32.7. The van der Waals surface area contributed by atoms with E-state index in [0.29, 0.717) is 48.7 Å². The summed E-state index contributed by atoms with van der Waals surface area (Å²) in [7, 11) is 0. The fraction of sp³-hybridized carbons (Fsp3) is 0.676. The molecule has 0 bridgehead atoms. The van der Waals surface area contributed by atoms with Crippen molar-refractivity contribution in [2.45, 2.75) is 101 Å². The van der Waals surface area contributed by atoms with Crippen molar-refractivity contribution < 1.29 is 27.9 Å². The van der Waals surface area contributed by atoms with Crippen LogP contribution in [0.25, 0.3) is 0 Å². The van der Waals surface area contributed by atoms with Crippen molar-refractivity contribution in [3.05, 3.63) is 47.4 Å². The van der Waals surface area contributed by atoms with Gasteiger partial charge in [0.2, 0.25) is 5.89 Å². The van der Waals surface area contributed by atoms with Crippen LogP contribution < -0.4 is 15.4 Å². The van der Waals surface area contributed by atoms with Crippen molar-refractivity contribution in [1.29, 1.82) is 0 Å². The quantitative estimate of drug-likeness (QED) is 0.222. The fourth-order valence-corrected chi connectivity index (χ4v) is 9.20. The second kappa shape index (κ2) is 11.5. The third-order valence-corrected chi connectivity index (χ3v) is 11.1. The van der Waals surface area contributed by atoms with Gasteiger partial charge in [0.15, 0.2) is 12.3 Å². The zero-order chi connectivity index (χ0) is 29.6. The van der Waals surface area contributed by atoms with Gasteiger partial charge in [-0.2, -0.15) is 0 Å². The summed E-state index contributed by atoms with van der Waals surface area (Å²) in [5.74, 6) is 2.07. The summed E-state index contributed by atoms with van der Waals surface area (Å²) in [6.07, 6.45) is 15.4. The third kappa shape index (κ3) is 4.86. The lowest BCUT2D eigenvalue weighted by atomic mass is 9.65. The number of epoxide rings is 1. The predicted octanol–water partition coefficient (Wildman–Crippen LogP) is 5.49. The van der Waals surface area contributed by atoms with Gasteiger partial charge in [0, 0.05) is 13.1 Å². The summed E-state index contributed by atoms with van der Waals surface area (Å²) in [6.45, 7) is 3.10. The molecule has 5 aliphatic rings. The van der Waals surface area contributed by atoms with Crippen molar-refractivity contribution in [2.24, 2.45) is 23.7 Å². The molecule has 1 spiro atoms. The number of fused-ring (bicyclic) bond motifs is 2. The van der Waals surface area contributed by atoms with Crippen LogP contribution in [0, 0.1) is 29.5 Å². The molecule has 2 aromatic rings. The van der Waals surface area contributed by atoms with E-state index in [9.17, 15) is 14.0 Å². The fourth-order valence-electron chi connectivity index (χ4n) is 9.20. The average molecular weight is 594 g/mol. The molecule has 43 heavy (non-hydrogen) atoms. The van der Waals surface area contributed by atoms with E-state index in [4.69, 9.17) is 18.9 Å². The van der Waals surface area contributed by atoms with Crippen LogP contribution in [0.3, 0.4) is 0 Å².